The SMILES string of the molecule is CC[C@@H](O)/C=C/C=C\C[C@@H](O)/C=C/C=C/C=C\[C@H](CCCC(=O)OC)O[Si](C)(C)C(C)(C)C. The van der Waals surface area contributed by atoms with E-state index in [1.54, 1.807) is 18.2 Å². The molecule has 0 aromatic carbocycles. The average molecular weight is 479 g/mol. The summed E-state index contributed by atoms with van der Waals surface area (Å²) in [7, 11) is -0.525. The first-order valence-corrected chi connectivity index (χ1v) is 14.8. The number of methoxy groups -OCH3 is 1. The van der Waals surface area contributed by atoms with Gasteiger partial charge in [-0.05, 0) is 43.8 Å². The van der Waals surface area contributed by atoms with Gasteiger partial charge < -0.3 is 19.4 Å². The zero-order valence-electron chi connectivity index (χ0n) is 21.7. The molecule has 0 aliphatic rings. The van der Waals surface area contributed by atoms with Crippen molar-refractivity contribution in [3.63, 3.8) is 0 Å². The molecule has 0 saturated carbocycles. The van der Waals surface area contributed by atoms with Crippen molar-refractivity contribution in [2.45, 2.75) is 96.2 Å². The molecule has 0 bridgehead atoms. The largest absolute Gasteiger partial charge is 0.469 e. The smallest absolute Gasteiger partial charge is 0.305 e. The second-order valence-corrected chi connectivity index (χ2v) is 14.4. The molecular weight excluding hydrogens is 432 g/mol. The number of aliphatic hydroxyl groups excluding tert-OH is 2. The number of rotatable bonds is 15. The fourth-order valence-electron chi connectivity index (χ4n) is 2.51. The van der Waals surface area contributed by atoms with Crippen LogP contribution in [0, 0.1) is 0 Å². The van der Waals surface area contributed by atoms with Crippen LogP contribution in [0.1, 0.15) is 59.8 Å². The van der Waals surface area contributed by atoms with Crippen molar-refractivity contribution in [2.24, 2.45) is 0 Å². The summed E-state index contributed by atoms with van der Waals surface area (Å²) < 4.78 is 11.3. The molecule has 0 saturated heterocycles. The van der Waals surface area contributed by atoms with Crippen LogP contribution in [0.25, 0.3) is 0 Å². The Labute approximate surface area is 202 Å². The van der Waals surface area contributed by atoms with Gasteiger partial charge in [-0.15, -0.1) is 0 Å². The lowest BCUT2D eigenvalue weighted by Crippen LogP contribution is -2.43. The lowest BCUT2D eigenvalue weighted by atomic mass is 10.1. The predicted octanol–water partition coefficient (Wildman–Crippen LogP) is 6.02. The van der Waals surface area contributed by atoms with Crippen LogP contribution in [-0.2, 0) is 14.0 Å². The number of esters is 1. The standard InChI is InChI=1S/C27H46O5Si/c1-8-23(28)17-13-11-14-19-24(29)18-12-9-10-15-20-25(21-16-22-26(30)31-5)32-33(6,7)27(2,3)4/h9-15,17-18,20,23-25,28-29H,8,16,19,21-22H2,1-7H3/b10-9+,14-11-,17-13+,18-12+,20-15-/t23-,24+,25-/m1/s1. The topological polar surface area (TPSA) is 76.0 Å². The Hall–Kier alpha value is -1.73. The zero-order chi connectivity index (χ0) is 25.3. The van der Waals surface area contributed by atoms with Crippen molar-refractivity contribution in [1.29, 1.82) is 0 Å². The molecular formula is C27H46O5Si. The molecule has 33 heavy (non-hydrogen) atoms. The van der Waals surface area contributed by atoms with Gasteiger partial charge in [-0.25, -0.2) is 0 Å². The zero-order valence-corrected chi connectivity index (χ0v) is 22.7. The van der Waals surface area contributed by atoms with Gasteiger partial charge in [0.15, 0.2) is 8.32 Å². The molecule has 0 aromatic heterocycles. The molecule has 2 N–H and O–H groups in total. The fourth-order valence-corrected chi connectivity index (χ4v) is 3.82. The second kappa shape index (κ2) is 16.8. The molecule has 0 rings (SSSR count). The van der Waals surface area contributed by atoms with Gasteiger partial charge in [0.25, 0.3) is 0 Å². The molecule has 3 atom stereocenters. The third kappa shape index (κ3) is 15.7. The fraction of sp³-hybridized carbons (Fsp3) is 0.593. The van der Waals surface area contributed by atoms with Crippen LogP contribution in [0.3, 0.4) is 0 Å². The van der Waals surface area contributed by atoms with Gasteiger partial charge in [-0.2, -0.15) is 0 Å². The molecule has 6 heteroatoms. The number of ether oxygens (including phenoxy) is 1. The van der Waals surface area contributed by atoms with E-state index < -0.39 is 20.5 Å². The van der Waals surface area contributed by atoms with Gasteiger partial charge in [0.05, 0.1) is 25.4 Å². The second-order valence-electron chi connectivity index (χ2n) is 9.63. The van der Waals surface area contributed by atoms with Gasteiger partial charge in [0.1, 0.15) is 0 Å². The maximum atomic E-state index is 11.4. The number of hydrogen-bond acceptors (Lipinski definition) is 5. The lowest BCUT2D eigenvalue weighted by Gasteiger charge is -2.38. The van der Waals surface area contributed by atoms with Crippen LogP contribution < -0.4 is 0 Å². The summed E-state index contributed by atoms with van der Waals surface area (Å²) in [6.45, 7) is 13.0. The number of carbonyl (C=O) groups excluding carboxylic acids is 1. The van der Waals surface area contributed by atoms with E-state index in [0.29, 0.717) is 25.7 Å². The summed E-state index contributed by atoms with van der Waals surface area (Å²) in [5.41, 5.74) is 0. The highest BCUT2D eigenvalue weighted by Crippen LogP contribution is 2.38. The third-order valence-corrected chi connectivity index (χ3v) is 10.2. The van der Waals surface area contributed by atoms with Crippen LogP contribution in [0.15, 0.2) is 60.8 Å². The van der Waals surface area contributed by atoms with Crippen LogP contribution >= 0.6 is 0 Å². The normalized spacial score (nSPS) is 16.5. The van der Waals surface area contributed by atoms with Crippen LogP contribution in [-0.4, -0.2) is 49.9 Å². The minimum absolute atomic E-state index is 0.0563. The van der Waals surface area contributed by atoms with E-state index in [-0.39, 0.29) is 17.1 Å². The molecule has 5 nitrogen and oxygen atoms in total. The highest BCUT2D eigenvalue weighted by molar-refractivity contribution is 6.74. The van der Waals surface area contributed by atoms with Gasteiger partial charge in [-0.3, -0.25) is 4.79 Å². The van der Waals surface area contributed by atoms with Gasteiger partial charge in [0, 0.05) is 6.42 Å². The van der Waals surface area contributed by atoms with Crippen LogP contribution in [0.5, 0.6) is 0 Å². The molecule has 0 aliphatic carbocycles. The van der Waals surface area contributed by atoms with E-state index >= 15 is 0 Å². The lowest BCUT2D eigenvalue weighted by molar-refractivity contribution is -0.140. The van der Waals surface area contributed by atoms with Gasteiger partial charge >= 0.3 is 5.97 Å². The first kappa shape index (κ1) is 31.3. The Morgan fingerprint density at radius 2 is 1.52 bits per heavy atom. The van der Waals surface area contributed by atoms with E-state index in [9.17, 15) is 15.0 Å². The van der Waals surface area contributed by atoms with E-state index in [0.717, 1.165) is 6.42 Å². The Morgan fingerprint density at radius 3 is 2.09 bits per heavy atom. The third-order valence-electron chi connectivity index (χ3n) is 5.72. The number of allylic oxidation sites excluding steroid dienone is 6. The van der Waals surface area contributed by atoms with E-state index in [1.807, 2.05) is 49.5 Å². The Morgan fingerprint density at radius 1 is 0.939 bits per heavy atom. The van der Waals surface area contributed by atoms with E-state index in [2.05, 4.69) is 33.9 Å². The van der Waals surface area contributed by atoms with Crippen molar-refractivity contribution in [2.75, 3.05) is 7.11 Å². The van der Waals surface area contributed by atoms with Crippen molar-refractivity contribution >= 4 is 14.3 Å². The van der Waals surface area contributed by atoms with Gasteiger partial charge in [-0.1, -0.05) is 88.5 Å². The molecule has 0 amide bonds. The Kier molecular flexibility index (Phi) is 15.9. The van der Waals surface area contributed by atoms with Crippen LogP contribution in [0.2, 0.25) is 18.1 Å². The average Bonchev–Trinajstić information content (AvgIpc) is 2.74. The highest BCUT2D eigenvalue weighted by atomic mass is 28.4. The molecule has 0 unspecified atom stereocenters. The highest BCUT2D eigenvalue weighted by Gasteiger charge is 2.38. The molecule has 0 fully saturated rings. The van der Waals surface area contributed by atoms with Crippen LogP contribution in [0.4, 0.5) is 0 Å². The molecule has 0 spiro atoms. The minimum Gasteiger partial charge on any atom is -0.469 e. The van der Waals surface area contributed by atoms with Crippen molar-refractivity contribution in [1.82, 2.24) is 0 Å². The number of carbonyl (C=O) groups is 1. The maximum Gasteiger partial charge on any atom is 0.305 e. The minimum atomic E-state index is -1.94. The maximum absolute atomic E-state index is 11.4. The molecule has 188 valence electrons. The first-order chi connectivity index (χ1) is 15.4. The Bertz CT molecular complexity index is 683. The van der Waals surface area contributed by atoms with Gasteiger partial charge in [0.2, 0.25) is 0 Å². The first-order valence-electron chi connectivity index (χ1n) is 11.9. The molecule has 0 radical (unpaired) electrons. The van der Waals surface area contributed by atoms with Crippen molar-refractivity contribution < 1.29 is 24.2 Å². The Balaban J connectivity index is 4.77. The quantitative estimate of drug-likeness (QED) is 0.171. The summed E-state index contributed by atoms with van der Waals surface area (Å²) in [5.74, 6) is -0.196. The number of aliphatic hydroxyl groups is 2. The summed E-state index contributed by atoms with van der Waals surface area (Å²) in [5, 5.41) is 19.5. The molecule has 0 heterocycles. The monoisotopic (exact) mass is 478 g/mol. The number of hydrogen-bond donors (Lipinski definition) is 2. The van der Waals surface area contributed by atoms with Crippen molar-refractivity contribution in [3.8, 4) is 0 Å². The summed E-state index contributed by atoms with van der Waals surface area (Å²) in [6, 6.07) is 0. The predicted molar refractivity (Wildman–Crippen MR) is 141 cm³/mol. The summed E-state index contributed by atoms with van der Waals surface area (Å²) in [6.07, 6.45) is 20.6. The molecule has 0 aliphatic heterocycles. The van der Waals surface area contributed by atoms with E-state index in [4.69, 9.17) is 9.16 Å². The summed E-state index contributed by atoms with van der Waals surface area (Å²) in [4.78, 5) is 11.4. The molecule has 0 aromatic rings. The van der Waals surface area contributed by atoms with E-state index in [1.165, 1.54) is 7.11 Å². The van der Waals surface area contributed by atoms with Crippen molar-refractivity contribution in [3.05, 3.63) is 60.8 Å². The summed E-state index contributed by atoms with van der Waals surface area (Å²) >= 11 is 0.